The molecule has 5 nitrogen and oxygen atoms in total. The molecular formula is C7H11N3O2S. The van der Waals surface area contributed by atoms with E-state index in [1.165, 1.54) is 6.33 Å². The van der Waals surface area contributed by atoms with Crippen molar-refractivity contribution in [2.75, 3.05) is 5.32 Å². The summed E-state index contributed by atoms with van der Waals surface area (Å²) in [5.41, 5.74) is -0.959. The Morgan fingerprint density at radius 1 is 1.85 bits per heavy atom. The Balaban J connectivity index is 2.75. The van der Waals surface area contributed by atoms with Gasteiger partial charge in [-0.15, -0.1) is 0 Å². The number of rotatable bonds is 4. The lowest BCUT2D eigenvalue weighted by Gasteiger charge is -2.23. The molecule has 0 fully saturated rings. The minimum absolute atomic E-state index is 0.488. The highest BCUT2D eigenvalue weighted by molar-refractivity contribution is 7.09. The van der Waals surface area contributed by atoms with Crippen molar-refractivity contribution in [1.29, 1.82) is 0 Å². The van der Waals surface area contributed by atoms with Crippen LogP contribution in [0.3, 0.4) is 0 Å². The van der Waals surface area contributed by atoms with E-state index in [0.29, 0.717) is 11.6 Å². The van der Waals surface area contributed by atoms with Crippen LogP contribution in [0.2, 0.25) is 0 Å². The van der Waals surface area contributed by atoms with Crippen LogP contribution < -0.4 is 5.32 Å². The summed E-state index contributed by atoms with van der Waals surface area (Å²) in [4.78, 5) is 14.7. The summed E-state index contributed by atoms with van der Waals surface area (Å²) in [6.07, 6.45) is 1.88. The van der Waals surface area contributed by atoms with Crippen LogP contribution in [0.1, 0.15) is 20.3 Å². The molecule has 1 heterocycles. The molecule has 1 unspecified atom stereocenters. The van der Waals surface area contributed by atoms with Gasteiger partial charge >= 0.3 is 5.97 Å². The monoisotopic (exact) mass is 201 g/mol. The van der Waals surface area contributed by atoms with Crippen molar-refractivity contribution in [3.8, 4) is 0 Å². The van der Waals surface area contributed by atoms with E-state index in [9.17, 15) is 4.79 Å². The first-order valence-corrected chi connectivity index (χ1v) is 4.64. The highest BCUT2D eigenvalue weighted by atomic mass is 32.1. The maximum absolute atomic E-state index is 10.9. The van der Waals surface area contributed by atoms with Gasteiger partial charge in [0.05, 0.1) is 0 Å². The number of hydrogen-bond donors (Lipinski definition) is 2. The predicted molar refractivity (Wildman–Crippen MR) is 49.9 cm³/mol. The molecule has 0 spiro atoms. The van der Waals surface area contributed by atoms with Gasteiger partial charge in [-0.2, -0.15) is 4.37 Å². The molecule has 2 N–H and O–H groups in total. The smallest absolute Gasteiger partial charge is 0.329 e. The standard InChI is InChI=1S/C7H11N3O2S/c1-3-7(2,5(11)12)10-6-8-4-9-13-6/h4H,3H2,1-2H3,(H,11,12)(H,8,9,10). The average molecular weight is 201 g/mol. The number of nitrogens with one attached hydrogen (secondary N) is 1. The second-order valence-corrected chi connectivity index (χ2v) is 3.64. The average Bonchev–Trinajstić information content (AvgIpc) is 2.56. The number of carboxylic acids is 1. The number of carbonyl (C=O) groups is 1. The number of nitrogens with zero attached hydrogens (tertiary/aromatic N) is 2. The van der Waals surface area contributed by atoms with E-state index in [0.717, 1.165) is 11.5 Å². The van der Waals surface area contributed by atoms with E-state index in [2.05, 4.69) is 14.7 Å². The Morgan fingerprint density at radius 3 is 2.92 bits per heavy atom. The Kier molecular flexibility index (Phi) is 2.82. The molecule has 1 rings (SSSR count). The van der Waals surface area contributed by atoms with E-state index < -0.39 is 11.5 Å². The molecule has 1 aromatic heterocycles. The molecule has 1 atom stereocenters. The third kappa shape index (κ3) is 2.15. The molecule has 6 heteroatoms. The Bertz CT molecular complexity index is 288. The molecule has 13 heavy (non-hydrogen) atoms. The molecule has 0 bridgehead atoms. The van der Waals surface area contributed by atoms with Crippen LogP contribution in [-0.2, 0) is 4.79 Å². The Hall–Kier alpha value is -1.17. The number of anilines is 1. The second kappa shape index (κ2) is 3.69. The molecule has 0 radical (unpaired) electrons. The summed E-state index contributed by atoms with van der Waals surface area (Å²) in [5.74, 6) is -0.884. The summed E-state index contributed by atoms with van der Waals surface area (Å²) < 4.78 is 3.78. The zero-order valence-corrected chi connectivity index (χ0v) is 8.26. The van der Waals surface area contributed by atoms with Crippen molar-refractivity contribution in [3.05, 3.63) is 6.33 Å². The third-order valence-electron chi connectivity index (χ3n) is 1.92. The molecule has 72 valence electrons. The number of hydrogen-bond acceptors (Lipinski definition) is 5. The van der Waals surface area contributed by atoms with E-state index in [4.69, 9.17) is 5.11 Å². The minimum atomic E-state index is -0.959. The number of aromatic nitrogens is 2. The molecular weight excluding hydrogens is 190 g/mol. The van der Waals surface area contributed by atoms with E-state index in [1.807, 2.05) is 6.92 Å². The molecule has 0 aliphatic rings. The second-order valence-electron chi connectivity index (χ2n) is 2.86. The zero-order chi connectivity index (χ0) is 9.90. The van der Waals surface area contributed by atoms with E-state index in [1.54, 1.807) is 6.92 Å². The lowest BCUT2D eigenvalue weighted by molar-refractivity contribution is -0.141. The quantitative estimate of drug-likeness (QED) is 0.765. The summed E-state index contributed by atoms with van der Waals surface area (Å²) in [6, 6.07) is 0. The van der Waals surface area contributed by atoms with Gasteiger partial charge in [0.1, 0.15) is 11.9 Å². The lowest BCUT2D eigenvalue weighted by atomic mass is 10.00. The van der Waals surface area contributed by atoms with Gasteiger partial charge in [0.25, 0.3) is 0 Å². The van der Waals surface area contributed by atoms with Crippen LogP contribution in [-0.4, -0.2) is 26.0 Å². The topological polar surface area (TPSA) is 75.1 Å². The van der Waals surface area contributed by atoms with Crippen molar-refractivity contribution in [2.24, 2.45) is 0 Å². The SMILES string of the molecule is CCC(C)(Nc1ncns1)C(=O)O. The van der Waals surface area contributed by atoms with Gasteiger partial charge in [-0.1, -0.05) is 6.92 Å². The molecule has 0 aliphatic carbocycles. The summed E-state index contributed by atoms with van der Waals surface area (Å²) in [7, 11) is 0. The van der Waals surface area contributed by atoms with Gasteiger partial charge in [-0.3, -0.25) is 0 Å². The molecule has 0 amide bonds. The van der Waals surface area contributed by atoms with E-state index >= 15 is 0 Å². The van der Waals surface area contributed by atoms with Crippen LogP contribution in [0, 0.1) is 0 Å². The van der Waals surface area contributed by atoms with Crippen molar-refractivity contribution in [3.63, 3.8) is 0 Å². The van der Waals surface area contributed by atoms with Crippen molar-refractivity contribution in [1.82, 2.24) is 9.36 Å². The fourth-order valence-electron chi connectivity index (χ4n) is 0.757. The van der Waals surface area contributed by atoms with Crippen molar-refractivity contribution >= 4 is 22.6 Å². The predicted octanol–water partition coefficient (Wildman–Crippen LogP) is 1.20. The van der Waals surface area contributed by atoms with E-state index in [-0.39, 0.29) is 0 Å². The van der Waals surface area contributed by atoms with Gasteiger partial charge in [-0.25, -0.2) is 9.78 Å². The molecule has 0 saturated heterocycles. The fourth-order valence-corrected chi connectivity index (χ4v) is 1.32. The van der Waals surface area contributed by atoms with Gasteiger partial charge in [0.15, 0.2) is 0 Å². The fraction of sp³-hybridized carbons (Fsp3) is 0.571. The van der Waals surface area contributed by atoms with Gasteiger partial charge < -0.3 is 10.4 Å². The van der Waals surface area contributed by atoms with Crippen LogP contribution in [0.25, 0.3) is 0 Å². The van der Waals surface area contributed by atoms with Crippen molar-refractivity contribution < 1.29 is 9.90 Å². The highest BCUT2D eigenvalue weighted by Crippen LogP contribution is 2.18. The van der Waals surface area contributed by atoms with Crippen molar-refractivity contribution in [2.45, 2.75) is 25.8 Å². The van der Waals surface area contributed by atoms with Crippen LogP contribution in [0.15, 0.2) is 6.33 Å². The maximum Gasteiger partial charge on any atom is 0.329 e. The maximum atomic E-state index is 10.9. The Labute approximate surface area is 80.0 Å². The van der Waals surface area contributed by atoms with Crippen LogP contribution in [0.4, 0.5) is 5.13 Å². The number of carboxylic acid groups (broad SMARTS) is 1. The highest BCUT2D eigenvalue weighted by Gasteiger charge is 2.31. The van der Waals surface area contributed by atoms with Gasteiger partial charge in [-0.05, 0) is 13.3 Å². The molecule has 0 saturated carbocycles. The normalized spacial score (nSPS) is 14.9. The van der Waals surface area contributed by atoms with Crippen LogP contribution in [0.5, 0.6) is 0 Å². The first-order chi connectivity index (χ1) is 6.08. The minimum Gasteiger partial charge on any atom is -0.480 e. The zero-order valence-electron chi connectivity index (χ0n) is 7.44. The molecule has 1 aromatic rings. The molecule has 0 aliphatic heterocycles. The van der Waals surface area contributed by atoms with Crippen LogP contribution >= 0.6 is 11.5 Å². The van der Waals surface area contributed by atoms with Gasteiger partial charge in [0.2, 0.25) is 5.13 Å². The third-order valence-corrected chi connectivity index (χ3v) is 2.50. The van der Waals surface area contributed by atoms with Gasteiger partial charge in [0, 0.05) is 11.5 Å². The lowest BCUT2D eigenvalue weighted by Crippen LogP contribution is -2.42. The summed E-state index contributed by atoms with van der Waals surface area (Å²) >= 11 is 1.15. The summed E-state index contributed by atoms with van der Waals surface area (Å²) in [6.45, 7) is 3.43. The Morgan fingerprint density at radius 2 is 2.54 bits per heavy atom. The largest absolute Gasteiger partial charge is 0.480 e. The summed E-state index contributed by atoms with van der Waals surface area (Å²) in [5, 5.41) is 12.3. The first kappa shape index (κ1) is 9.91. The molecule has 0 aromatic carbocycles. The first-order valence-electron chi connectivity index (χ1n) is 3.87. The number of aliphatic carboxylic acids is 1.